The standard InChI is InChI=1S/C16H24ClN3/c1-3-14-8-19-16(2,13-4-5-13)11-20(14)10-12-6-7-18-9-15(12)17/h6-7,9,13-14,19H,3-5,8,10-11H2,1-2H3. The van der Waals surface area contributed by atoms with Crippen molar-refractivity contribution >= 4 is 11.6 Å². The lowest BCUT2D eigenvalue weighted by Crippen LogP contribution is -2.63. The molecule has 20 heavy (non-hydrogen) atoms. The molecule has 2 heterocycles. The van der Waals surface area contributed by atoms with Crippen LogP contribution in [0.25, 0.3) is 0 Å². The predicted molar refractivity (Wildman–Crippen MR) is 82.9 cm³/mol. The summed E-state index contributed by atoms with van der Waals surface area (Å²) >= 11 is 6.28. The lowest BCUT2D eigenvalue weighted by atomic mass is 9.90. The lowest BCUT2D eigenvalue weighted by Gasteiger charge is -2.46. The van der Waals surface area contributed by atoms with Crippen molar-refractivity contribution in [1.82, 2.24) is 15.2 Å². The molecular formula is C16H24ClN3. The molecule has 1 aliphatic carbocycles. The Hall–Kier alpha value is -0.640. The zero-order valence-electron chi connectivity index (χ0n) is 12.4. The van der Waals surface area contributed by atoms with Gasteiger partial charge in [0.05, 0.1) is 5.02 Å². The first-order chi connectivity index (χ1) is 9.62. The summed E-state index contributed by atoms with van der Waals surface area (Å²) in [6.07, 6.45) is 7.52. The van der Waals surface area contributed by atoms with Crippen LogP contribution >= 0.6 is 11.6 Å². The second-order valence-corrected chi connectivity index (χ2v) is 6.91. The Balaban J connectivity index is 1.75. The number of hydrogen-bond acceptors (Lipinski definition) is 3. The second-order valence-electron chi connectivity index (χ2n) is 6.51. The van der Waals surface area contributed by atoms with Crippen LogP contribution in [0.15, 0.2) is 18.5 Å². The van der Waals surface area contributed by atoms with Gasteiger partial charge in [-0.2, -0.15) is 0 Å². The van der Waals surface area contributed by atoms with E-state index in [1.807, 2.05) is 12.3 Å². The van der Waals surface area contributed by atoms with E-state index in [9.17, 15) is 0 Å². The minimum absolute atomic E-state index is 0.283. The molecule has 110 valence electrons. The summed E-state index contributed by atoms with van der Waals surface area (Å²) in [4.78, 5) is 6.69. The molecule has 0 spiro atoms. The Kier molecular flexibility index (Phi) is 4.02. The highest BCUT2D eigenvalue weighted by Gasteiger charge is 2.45. The summed E-state index contributed by atoms with van der Waals surface area (Å²) in [5, 5.41) is 4.59. The first kappa shape index (κ1) is 14.3. The summed E-state index contributed by atoms with van der Waals surface area (Å²) in [5.74, 6) is 0.857. The molecule has 0 amide bonds. The molecule has 2 fully saturated rings. The third kappa shape index (κ3) is 2.85. The van der Waals surface area contributed by atoms with Crippen LogP contribution in [0.2, 0.25) is 5.02 Å². The van der Waals surface area contributed by atoms with Crippen LogP contribution in [0.5, 0.6) is 0 Å². The molecule has 1 saturated heterocycles. The Morgan fingerprint density at radius 1 is 1.50 bits per heavy atom. The van der Waals surface area contributed by atoms with Gasteiger partial charge >= 0.3 is 0 Å². The molecule has 1 aromatic rings. The molecule has 2 aliphatic rings. The van der Waals surface area contributed by atoms with Gasteiger partial charge in [0.15, 0.2) is 0 Å². The monoisotopic (exact) mass is 293 g/mol. The fourth-order valence-electron chi connectivity index (χ4n) is 3.42. The highest BCUT2D eigenvalue weighted by molar-refractivity contribution is 6.31. The summed E-state index contributed by atoms with van der Waals surface area (Å²) in [5.41, 5.74) is 1.48. The van der Waals surface area contributed by atoms with Gasteiger partial charge in [-0.15, -0.1) is 0 Å². The Labute approximate surface area is 126 Å². The third-order valence-corrected chi connectivity index (χ3v) is 5.31. The SMILES string of the molecule is CCC1CNC(C)(C2CC2)CN1Cc1ccncc1Cl. The van der Waals surface area contributed by atoms with Crippen molar-refractivity contribution in [3.63, 3.8) is 0 Å². The maximum absolute atomic E-state index is 6.28. The van der Waals surface area contributed by atoms with Crippen LogP contribution in [0.3, 0.4) is 0 Å². The third-order valence-electron chi connectivity index (χ3n) is 4.97. The van der Waals surface area contributed by atoms with Crippen molar-refractivity contribution in [3.05, 3.63) is 29.0 Å². The molecule has 0 bridgehead atoms. The molecular weight excluding hydrogens is 270 g/mol. The van der Waals surface area contributed by atoms with E-state index in [4.69, 9.17) is 11.6 Å². The fourth-order valence-corrected chi connectivity index (χ4v) is 3.60. The second kappa shape index (κ2) is 5.63. The summed E-state index contributed by atoms with van der Waals surface area (Å²) in [6.45, 7) is 7.80. The largest absolute Gasteiger partial charge is 0.308 e. The summed E-state index contributed by atoms with van der Waals surface area (Å²) in [6, 6.07) is 2.65. The van der Waals surface area contributed by atoms with E-state index in [1.165, 1.54) is 24.8 Å². The first-order valence-electron chi connectivity index (χ1n) is 7.70. The average Bonchev–Trinajstić information content (AvgIpc) is 3.27. The number of piperazine rings is 1. The molecule has 3 rings (SSSR count). The van der Waals surface area contributed by atoms with Crippen molar-refractivity contribution in [1.29, 1.82) is 0 Å². The molecule has 0 radical (unpaired) electrons. The van der Waals surface area contributed by atoms with Crippen LogP contribution in [0.1, 0.15) is 38.7 Å². The van der Waals surface area contributed by atoms with Gasteiger partial charge in [0.1, 0.15) is 0 Å². The van der Waals surface area contributed by atoms with E-state index in [1.54, 1.807) is 6.20 Å². The molecule has 3 nitrogen and oxygen atoms in total. The average molecular weight is 294 g/mol. The highest BCUT2D eigenvalue weighted by atomic mass is 35.5. The fraction of sp³-hybridized carbons (Fsp3) is 0.688. The number of aromatic nitrogens is 1. The van der Waals surface area contributed by atoms with Crippen LogP contribution < -0.4 is 5.32 Å². The number of nitrogens with zero attached hydrogens (tertiary/aromatic N) is 2. The highest BCUT2D eigenvalue weighted by Crippen LogP contribution is 2.41. The summed E-state index contributed by atoms with van der Waals surface area (Å²) in [7, 11) is 0. The van der Waals surface area contributed by atoms with Crippen molar-refractivity contribution < 1.29 is 0 Å². The maximum atomic E-state index is 6.28. The minimum atomic E-state index is 0.283. The van der Waals surface area contributed by atoms with Crippen LogP contribution in [0.4, 0.5) is 0 Å². The van der Waals surface area contributed by atoms with Crippen molar-refractivity contribution in [2.24, 2.45) is 5.92 Å². The Morgan fingerprint density at radius 3 is 2.95 bits per heavy atom. The van der Waals surface area contributed by atoms with E-state index in [-0.39, 0.29) is 5.54 Å². The Morgan fingerprint density at radius 2 is 2.30 bits per heavy atom. The van der Waals surface area contributed by atoms with Crippen LogP contribution in [-0.2, 0) is 6.54 Å². The minimum Gasteiger partial charge on any atom is -0.308 e. The van der Waals surface area contributed by atoms with Gasteiger partial charge in [-0.05, 0) is 43.7 Å². The molecule has 1 aromatic heterocycles. The number of halogens is 1. The number of rotatable bonds is 4. The maximum Gasteiger partial charge on any atom is 0.0634 e. The van der Waals surface area contributed by atoms with Gasteiger partial charge in [-0.1, -0.05) is 18.5 Å². The van der Waals surface area contributed by atoms with E-state index >= 15 is 0 Å². The van der Waals surface area contributed by atoms with E-state index < -0.39 is 0 Å². The molecule has 2 unspecified atom stereocenters. The van der Waals surface area contributed by atoms with Gasteiger partial charge in [0.2, 0.25) is 0 Å². The van der Waals surface area contributed by atoms with Crippen molar-refractivity contribution in [2.75, 3.05) is 13.1 Å². The lowest BCUT2D eigenvalue weighted by molar-refractivity contribution is 0.0666. The van der Waals surface area contributed by atoms with E-state index in [0.717, 1.165) is 30.6 Å². The Bertz CT molecular complexity index is 475. The van der Waals surface area contributed by atoms with Gasteiger partial charge in [0, 0.05) is 43.6 Å². The number of nitrogens with one attached hydrogen (secondary N) is 1. The van der Waals surface area contributed by atoms with Crippen molar-refractivity contribution in [3.8, 4) is 0 Å². The van der Waals surface area contributed by atoms with E-state index in [0.29, 0.717) is 6.04 Å². The van der Waals surface area contributed by atoms with Crippen molar-refractivity contribution in [2.45, 2.75) is 51.2 Å². The van der Waals surface area contributed by atoms with Gasteiger partial charge in [-0.3, -0.25) is 9.88 Å². The van der Waals surface area contributed by atoms with Crippen LogP contribution in [0, 0.1) is 5.92 Å². The molecule has 1 N–H and O–H groups in total. The summed E-state index contributed by atoms with van der Waals surface area (Å²) < 4.78 is 0. The smallest absolute Gasteiger partial charge is 0.0634 e. The predicted octanol–water partition coefficient (Wildman–Crippen LogP) is 3.09. The quantitative estimate of drug-likeness (QED) is 0.925. The molecule has 1 saturated carbocycles. The topological polar surface area (TPSA) is 28.2 Å². The molecule has 0 aromatic carbocycles. The van der Waals surface area contributed by atoms with Gasteiger partial charge in [0.25, 0.3) is 0 Å². The van der Waals surface area contributed by atoms with Crippen LogP contribution in [-0.4, -0.2) is 34.6 Å². The molecule has 1 aliphatic heterocycles. The number of hydrogen-bond donors (Lipinski definition) is 1. The zero-order valence-corrected chi connectivity index (χ0v) is 13.2. The molecule has 4 heteroatoms. The number of pyridine rings is 1. The normalized spacial score (nSPS) is 31.4. The molecule has 2 atom stereocenters. The zero-order chi connectivity index (χ0) is 14.2. The van der Waals surface area contributed by atoms with Gasteiger partial charge < -0.3 is 5.32 Å². The van der Waals surface area contributed by atoms with E-state index in [2.05, 4.69) is 29.0 Å². The first-order valence-corrected chi connectivity index (χ1v) is 8.07. The van der Waals surface area contributed by atoms with Gasteiger partial charge in [-0.25, -0.2) is 0 Å².